The second-order valence-corrected chi connectivity index (χ2v) is 8.28. The molecule has 0 aliphatic heterocycles. The number of hydrogen-bond donors (Lipinski definition) is 1. The standard InChI is InChI=1S/C24H21N3OS/c1-2-3-8-15-13-14-18-21(25)22(29-23(18)26-15)24(28)27-19-11-6-4-9-16(19)17-10-5-7-12-20(17)27/h4-7,9-14H,2-3,8,25H2,1H3. The van der Waals surface area contributed by atoms with Crippen LogP contribution < -0.4 is 5.73 Å². The van der Waals surface area contributed by atoms with E-state index in [4.69, 9.17) is 10.7 Å². The number of carbonyl (C=O) groups is 1. The van der Waals surface area contributed by atoms with Gasteiger partial charge in [-0.25, -0.2) is 4.98 Å². The molecule has 5 heteroatoms. The van der Waals surface area contributed by atoms with Crippen LogP contribution in [-0.2, 0) is 6.42 Å². The van der Waals surface area contributed by atoms with Gasteiger partial charge in [0.25, 0.3) is 5.91 Å². The summed E-state index contributed by atoms with van der Waals surface area (Å²) < 4.78 is 1.78. The molecular formula is C24H21N3OS. The number of aromatic nitrogens is 2. The van der Waals surface area contributed by atoms with Gasteiger partial charge in [-0.1, -0.05) is 49.7 Å². The van der Waals surface area contributed by atoms with Gasteiger partial charge in [0.1, 0.15) is 9.71 Å². The van der Waals surface area contributed by atoms with Crippen molar-refractivity contribution in [2.24, 2.45) is 0 Å². The van der Waals surface area contributed by atoms with Crippen molar-refractivity contribution in [3.63, 3.8) is 0 Å². The van der Waals surface area contributed by atoms with Crippen molar-refractivity contribution in [1.29, 1.82) is 0 Å². The largest absolute Gasteiger partial charge is 0.397 e. The summed E-state index contributed by atoms with van der Waals surface area (Å²) >= 11 is 1.39. The molecule has 3 heterocycles. The Hall–Kier alpha value is -3.18. The minimum absolute atomic E-state index is 0.0991. The SMILES string of the molecule is CCCCc1ccc2c(N)c(C(=O)n3c4ccccc4c4ccccc43)sc2n1. The Labute approximate surface area is 172 Å². The third-order valence-corrected chi connectivity index (χ3v) is 6.52. The molecule has 0 aliphatic rings. The molecule has 0 unspecified atom stereocenters. The van der Waals surface area contributed by atoms with E-state index in [2.05, 4.69) is 19.1 Å². The lowest BCUT2D eigenvalue weighted by molar-refractivity contribution is 0.0974. The van der Waals surface area contributed by atoms with Crippen LogP contribution in [0.15, 0.2) is 60.7 Å². The first-order chi connectivity index (χ1) is 14.2. The van der Waals surface area contributed by atoms with E-state index < -0.39 is 0 Å². The third-order valence-electron chi connectivity index (χ3n) is 5.42. The van der Waals surface area contributed by atoms with Crippen molar-refractivity contribution < 1.29 is 4.79 Å². The van der Waals surface area contributed by atoms with Gasteiger partial charge < -0.3 is 5.73 Å². The lowest BCUT2D eigenvalue weighted by atomic mass is 10.1. The third kappa shape index (κ3) is 2.81. The van der Waals surface area contributed by atoms with Crippen molar-refractivity contribution in [3.05, 3.63) is 71.2 Å². The number of thiophene rings is 1. The van der Waals surface area contributed by atoms with E-state index in [0.29, 0.717) is 10.6 Å². The summed E-state index contributed by atoms with van der Waals surface area (Å²) in [5.41, 5.74) is 9.78. The molecule has 5 aromatic rings. The summed E-state index contributed by atoms with van der Waals surface area (Å²) in [6.45, 7) is 2.17. The van der Waals surface area contributed by atoms with Crippen LogP contribution in [0.4, 0.5) is 5.69 Å². The summed E-state index contributed by atoms with van der Waals surface area (Å²) in [6.07, 6.45) is 3.18. The van der Waals surface area contributed by atoms with Gasteiger partial charge in [0, 0.05) is 21.9 Å². The van der Waals surface area contributed by atoms with E-state index in [9.17, 15) is 4.79 Å². The first-order valence-electron chi connectivity index (χ1n) is 9.90. The molecule has 144 valence electrons. The van der Waals surface area contributed by atoms with Crippen LogP contribution in [0.25, 0.3) is 32.0 Å². The van der Waals surface area contributed by atoms with Gasteiger partial charge in [0.15, 0.2) is 0 Å². The van der Waals surface area contributed by atoms with Gasteiger partial charge in [0.05, 0.1) is 16.7 Å². The van der Waals surface area contributed by atoms with Crippen LogP contribution >= 0.6 is 11.3 Å². The smallest absolute Gasteiger partial charge is 0.275 e. The van der Waals surface area contributed by atoms with E-state index in [1.165, 1.54) is 11.3 Å². The summed E-state index contributed by atoms with van der Waals surface area (Å²) in [7, 11) is 0. The molecule has 2 N–H and O–H groups in total. The molecule has 5 rings (SSSR count). The van der Waals surface area contributed by atoms with Gasteiger partial charge in [0.2, 0.25) is 0 Å². The molecule has 3 aromatic heterocycles. The van der Waals surface area contributed by atoms with Crippen molar-refractivity contribution in [2.45, 2.75) is 26.2 Å². The first-order valence-corrected chi connectivity index (χ1v) is 10.7. The number of fused-ring (bicyclic) bond motifs is 4. The predicted octanol–water partition coefficient (Wildman–Crippen LogP) is 6.02. The molecule has 0 radical (unpaired) electrons. The Morgan fingerprint density at radius 2 is 1.62 bits per heavy atom. The fraction of sp³-hybridized carbons (Fsp3) is 0.167. The number of para-hydroxylation sites is 2. The van der Waals surface area contributed by atoms with Gasteiger partial charge >= 0.3 is 0 Å². The van der Waals surface area contributed by atoms with E-state index in [1.807, 2.05) is 48.5 Å². The number of aryl methyl sites for hydroxylation is 1. The van der Waals surface area contributed by atoms with E-state index >= 15 is 0 Å². The normalized spacial score (nSPS) is 11.6. The molecule has 0 atom stereocenters. The fourth-order valence-electron chi connectivity index (χ4n) is 3.93. The Kier molecular flexibility index (Phi) is 4.32. The minimum atomic E-state index is -0.0991. The zero-order valence-corrected chi connectivity index (χ0v) is 17.0. The number of rotatable bonds is 4. The number of nitrogens with zero attached hydrogens (tertiary/aromatic N) is 2. The number of benzene rings is 2. The van der Waals surface area contributed by atoms with Gasteiger partial charge in [-0.05, 0) is 37.1 Å². The summed E-state index contributed by atoms with van der Waals surface area (Å²) in [5, 5.41) is 2.99. The molecule has 0 bridgehead atoms. The molecule has 29 heavy (non-hydrogen) atoms. The Bertz CT molecular complexity index is 1330. The number of anilines is 1. The van der Waals surface area contributed by atoms with Crippen LogP contribution in [0.2, 0.25) is 0 Å². The molecule has 2 aromatic carbocycles. The first kappa shape index (κ1) is 17.9. The highest BCUT2D eigenvalue weighted by Crippen LogP contribution is 2.36. The van der Waals surface area contributed by atoms with Crippen LogP contribution in [-0.4, -0.2) is 15.5 Å². The second-order valence-electron chi connectivity index (χ2n) is 7.28. The maximum Gasteiger partial charge on any atom is 0.275 e. The highest BCUT2D eigenvalue weighted by molar-refractivity contribution is 7.21. The predicted molar refractivity (Wildman–Crippen MR) is 122 cm³/mol. The number of pyridine rings is 1. The fourth-order valence-corrected chi connectivity index (χ4v) is 4.98. The maximum absolute atomic E-state index is 13.6. The number of carbonyl (C=O) groups excluding carboxylic acids is 1. The van der Waals surface area contributed by atoms with Gasteiger partial charge in [-0.3, -0.25) is 9.36 Å². The highest BCUT2D eigenvalue weighted by atomic mass is 32.1. The molecule has 0 saturated carbocycles. The lowest BCUT2D eigenvalue weighted by Gasteiger charge is -2.05. The molecular weight excluding hydrogens is 378 g/mol. The minimum Gasteiger partial charge on any atom is -0.397 e. The zero-order chi connectivity index (χ0) is 20.0. The zero-order valence-electron chi connectivity index (χ0n) is 16.2. The molecule has 0 amide bonds. The molecule has 0 spiro atoms. The van der Waals surface area contributed by atoms with Crippen molar-refractivity contribution in [3.8, 4) is 0 Å². The van der Waals surface area contributed by atoms with E-state index in [1.54, 1.807) is 4.57 Å². The Morgan fingerprint density at radius 1 is 0.966 bits per heavy atom. The van der Waals surface area contributed by atoms with Crippen LogP contribution in [0, 0.1) is 0 Å². The number of unbranched alkanes of at least 4 members (excludes halogenated alkanes) is 1. The average Bonchev–Trinajstić information content (AvgIpc) is 3.27. The molecule has 0 saturated heterocycles. The summed E-state index contributed by atoms with van der Waals surface area (Å²) in [6, 6.07) is 20.0. The van der Waals surface area contributed by atoms with Crippen LogP contribution in [0.3, 0.4) is 0 Å². The van der Waals surface area contributed by atoms with Crippen molar-refractivity contribution in [2.75, 3.05) is 5.73 Å². The quantitative estimate of drug-likeness (QED) is 0.402. The number of nitrogens with two attached hydrogens (primary N) is 1. The van der Waals surface area contributed by atoms with Crippen molar-refractivity contribution >= 4 is 55.0 Å². The molecule has 0 aliphatic carbocycles. The second kappa shape index (κ2) is 7.01. The topological polar surface area (TPSA) is 60.9 Å². The van der Waals surface area contributed by atoms with Crippen molar-refractivity contribution in [1.82, 2.24) is 9.55 Å². The Morgan fingerprint density at radius 3 is 2.28 bits per heavy atom. The lowest BCUT2D eigenvalue weighted by Crippen LogP contribution is -2.11. The van der Waals surface area contributed by atoms with E-state index in [-0.39, 0.29) is 5.91 Å². The number of nitrogen functional groups attached to an aromatic ring is 1. The monoisotopic (exact) mass is 399 g/mol. The van der Waals surface area contributed by atoms with Crippen LogP contribution in [0.5, 0.6) is 0 Å². The Balaban J connectivity index is 1.69. The highest BCUT2D eigenvalue weighted by Gasteiger charge is 2.22. The number of hydrogen-bond acceptors (Lipinski definition) is 4. The molecule has 0 fully saturated rings. The summed E-state index contributed by atoms with van der Waals surface area (Å²) in [4.78, 5) is 19.8. The van der Waals surface area contributed by atoms with E-state index in [0.717, 1.165) is 57.0 Å². The molecule has 4 nitrogen and oxygen atoms in total. The summed E-state index contributed by atoms with van der Waals surface area (Å²) in [5.74, 6) is -0.0991. The van der Waals surface area contributed by atoms with Gasteiger partial charge in [-0.2, -0.15) is 0 Å². The maximum atomic E-state index is 13.6. The average molecular weight is 400 g/mol. The van der Waals surface area contributed by atoms with Gasteiger partial charge in [-0.15, -0.1) is 11.3 Å². The van der Waals surface area contributed by atoms with Crippen LogP contribution in [0.1, 0.15) is 35.1 Å².